The van der Waals surface area contributed by atoms with Gasteiger partial charge < -0.3 is 15.0 Å². The largest absolute Gasteiger partial charge is 0.497 e. The van der Waals surface area contributed by atoms with Crippen LogP contribution in [0.25, 0.3) is 0 Å². The second-order valence-electron chi connectivity index (χ2n) is 9.86. The number of hydrogen-bond acceptors (Lipinski definition) is 5. The van der Waals surface area contributed by atoms with Crippen molar-refractivity contribution in [2.75, 3.05) is 24.2 Å². The number of ether oxygens (including phenoxy) is 1. The summed E-state index contributed by atoms with van der Waals surface area (Å²) in [4.78, 5) is 28.2. The molecule has 1 saturated carbocycles. The topological polar surface area (TPSA) is 96.0 Å². The molecule has 0 aliphatic heterocycles. The molecule has 0 radical (unpaired) electrons. The molecule has 2 amide bonds. The second kappa shape index (κ2) is 13.3. The molecule has 1 atom stereocenters. The minimum absolute atomic E-state index is 0.0800. The van der Waals surface area contributed by atoms with Crippen LogP contribution in [0.2, 0.25) is 5.02 Å². The molecular formula is C28H38ClN3O5S. The van der Waals surface area contributed by atoms with Gasteiger partial charge in [0.1, 0.15) is 11.8 Å². The van der Waals surface area contributed by atoms with E-state index in [1.165, 1.54) is 4.31 Å². The third-order valence-corrected chi connectivity index (χ3v) is 8.61. The molecule has 1 N–H and O–H groups in total. The van der Waals surface area contributed by atoms with Crippen molar-refractivity contribution in [1.82, 2.24) is 10.2 Å². The zero-order chi connectivity index (χ0) is 27.9. The monoisotopic (exact) mass is 563 g/mol. The van der Waals surface area contributed by atoms with Crippen LogP contribution in [0.1, 0.15) is 56.6 Å². The maximum Gasteiger partial charge on any atom is 0.242 e. The van der Waals surface area contributed by atoms with Crippen LogP contribution in [0.5, 0.6) is 5.75 Å². The Kier molecular flexibility index (Phi) is 10.4. The Morgan fingerprint density at radius 3 is 2.50 bits per heavy atom. The maximum absolute atomic E-state index is 13.5. The summed E-state index contributed by atoms with van der Waals surface area (Å²) >= 11 is 6.23. The van der Waals surface area contributed by atoms with Gasteiger partial charge in [0, 0.05) is 30.6 Å². The minimum Gasteiger partial charge on any atom is -0.497 e. The van der Waals surface area contributed by atoms with Gasteiger partial charge >= 0.3 is 0 Å². The number of amides is 2. The maximum atomic E-state index is 13.5. The van der Waals surface area contributed by atoms with Gasteiger partial charge in [0.2, 0.25) is 21.8 Å². The van der Waals surface area contributed by atoms with Crippen molar-refractivity contribution in [1.29, 1.82) is 0 Å². The number of rotatable bonds is 12. The van der Waals surface area contributed by atoms with Crippen LogP contribution in [0.15, 0.2) is 42.5 Å². The van der Waals surface area contributed by atoms with E-state index in [2.05, 4.69) is 5.32 Å². The first-order valence-electron chi connectivity index (χ1n) is 13.0. The van der Waals surface area contributed by atoms with E-state index >= 15 is 0 Å². The molecule has 3 rings (SSSR count). The quantitative estimate of drug-likeness (QED) is 0.404. The van der Waals surface area contributed by atoms with Crippen LogP contribution < -0.4 is 14.4 Å². The van der Waals surface area contributed by atoms with Gasteiger partial charge in [-0.15, -0.1) is 0 Å². The summed E-state index contributed by atoms with van der Waals surface area (Å²) in [5.41, 5.74) is 1.98. The molecule has 0 aromatic heterocycles. The molecule has 8 nitrogen and oxygen atoms in total. The summed E-state index contributed by atoms with van der Waals surface area (Å²) in [5, 5.41) is 3.56. The van der Waals surface area contributed by atoms with Gasteiger partial charge in [0.15, 0.2) is 0 Å². The zero-order valence-corrected chi connectivity index (χ0v) is 24.1. The SMILES string of the molecule is COc1cccc(CN(C(=O)CCCN(c2cccc(Cl)c2C)S(C)(=O)=O)[C@@H](C)C(=O)NC2CCCC2)c1. The van der Waals surface area contributed by atoms with Crippen molar-refractivity contribution in [3.8, 4) is 5.75 Å². The molecule has 2 aromatic rings. The Hall–Kier alpha value is -2.78. The van der Waals surface area contributed by atoms with Crippen molar-refractivity contribution in [3.63, 3.8) is 0 Å². The summed E-state index contributed by atoms with van der Waals surface area (Å²) < 4.78 is 31.8. The first-order valence-corrected chi connectivity index (χ1v) is 15.2. The molecule has 1 fully saturated rings. The van der Waals surface area contributed by atoms with Crippen molar-refractivity contribution < 1.29 is 22.7 Å². The average molecular weight is 564 g/mol. The van der Waals surface area contributed by atoms with Crippen molar-refractivity contribution in [2.24, 2.45) is 0 Å². The first kappa shape index (κ1) is 29.8. The number of hydrogen-bond donors (Lipinski definition) is 1. The average Bonchev–Trinajstić information content (AvgIpc) is 3.39. The number of halogens is 1. The number of anilines is 1. The van der Waals surface area contributed by atoms with E-state index < -0.39 is 16.1 Å². The van der Waals surface area contributed by atoms with Crippen molar-refractivity contribution in [2.45, 2.75) is 71.0 Å². The number of sulfonamides is 1. The smallest absolute Gasteiger partial charge is 0.242 e. The number of benzene rings is 2. The van der Waals surface area contributed by atoms with Crippen LogP contribution in [0.3, 0.4) is 0 Å². The molecule has 38 heavy (non-hydrogen) atoms. The molecule has 0 bridgehead atoms. The number of carbonyl (C=O) groups excluding carboxylic acids is 2. The number of nitrogens with zero attached hydrogens (tertiary/aromatic N) is 2. The van der Waals surface area contributed by atoms with Gasteiger partial charge in [-0.1, -0.05) is 42.6 Å². The van der Waals surface area contributed by atoms with E-state index in [4.69, 9.17) is 16.3 Å². The number of carbonyl (C=O) groups is 2. The minimum atomic E-state index is -3.60. The van der Waals surface area contributed by atoms with Crippen LogP contribution in [0, 0.1) is 6.92 Å². The predicted octanol–water partition coefficient (Wildman–Crippen LogP) is 4.68. The molecular weight excluding hydrogens is 526 g/mol. The lowest BCUT2D eigenvalue weighted by molar-refractivity contribution is -0.141. The molecule has 0 saturated heterocycles. The lowest BCUT2D eigenvalue weighted by Gasteiger charge is -2.30. The first-order chi connectivity index (χ1) is 18.0. The fourth-order valence-corrected chi connectivity index (χ4v) is 5.98. The molecule has 1 aliphatic carbocycles. The third-order valence-electron chi connectivity index (χ3n) is 7.02. The number of methoxy groups -OCH3 is 1. The molecule has 1 aliphatic rings. The highest BCUT2D eigenvalue weighted by molar-refractivity contribution is 7.92. The lowest BCUT2D eigenvalue weighted by Crippen LogP contribution is -2.49. The van der Waals surface area contributed by atoms with Crippen molar-refractivity contribution in [3.05, 3.63) is 58.6 Å². The van der Waals surface area contributed by atoms with Gasteiger partial charge in [0.05, 0.1) is 19.1 Å². The standard InChI is InChI=1S/C28H38ClN3O5S/c1-20-25(29)14-8-15-26(20)32(38(4,35)36)17-9-16-27(33)31(19-22-10-7-13-24(18-22)37-3)21(2)28(34)30-23-11-5-6-12-23/h7-8,10,13-15,18,21,23H,5-6,9,11-12,16-17,19H2,1-4H3,(H,30,34)/t21-/m0/s1. The van der Waals surface area contributed by atoms with E-state index in [1.54, 1.807) is 44.1 Å². The molecule has 2 aromatic carbocycles. The third kappa shape index (κ3) is 7.86. The molecule has 208 valence electrons. The normalized spacial score (nSPS) is 14.7. The summed E-state index contributed by atoms with van der Waals surface area (Å²) in [6, 6.07) is 12.0. The molecule has 10 heteroatoms. The summed E-state index contributed by atoms with van der Waals surface area (Å²) in [7, 11) is -2.02. The Morgan fingerprint density at radius 2 is 1.84 bits per heavy atom. The van der Waals surface area contributed by atoms with E-state index in [0.29, 0.717) is 22.0 Å². The Morgan fingerprint density at radius 1 is 1.16 bits per heavy atom. The summed E-state index contributed by atoms with van der Waals surface area (Å²) in [6.07, 6.45) is 5.59. The highest BCUT2D eigenvalue weighted by Gasteiger charge is 2.29. The van der Waals surface area contributed by atoms with Gasteiger partial charge in [-0.05, 0) is 68.5 Å². The Balaban J connectivity index is 1.75. The zero-order valence-electron chi connectivity index (χ0n) is 22.6. The van der Waals surface area contributed by atoms with E-state index in [0.717, 1.165) is 37.5 Å². The highest BCUT2D eigenvalue weighted by atomic mass is 35.5. The van der Waals surface area contributed by atoms with E-state index in [-0.39, 0.29) is 43.8 Å². The fraction of sp³-hybridized carbons (Fsp3) is 0.500. The van der Waals surface area contributed by atoms with Gasteiger partial charge in [-0.3, -0.25) is 13.9 Å². The van der Waals surface area contributed by atoms with Crippen LogP contribution >= 0.6 is 11.6 Å². The van der Waals surface area contributed by atoms with E-state index in [9.17, 15) is 18.0 Å². The van der Waals surface area contributed by atoms with Gasteiger partial charge in [-0.25, -0.2) is 8.42 Å². The highest BCUT2D eigenvalue weighted by Crippen LogP contribution is 2.28. The van der Waals surface area contributed by atoms with E-state index in [1.807, 2.05) is 24.3 Å². The van der Waals surface area contributed by atoms with Crippen LogP contribution in [0.4, 0.5) is 5.69 Å². The van der Waals surface area contributed by atoms with Crippen molar-refractivity contribution >= 4 is 39.1 Å². The summed E-state index contributed by atoms with van der Waals surface area (Å²) in [5.74, 6) is 0.261. The number of nitrogens with one attached hydrogen (secondary N) is 1. The van der Waals surface area contributed by atoms with Gasteiger partial charge in [-0.2, -0.15) is 0 Å². The molecule has 0 spiro atoms. The van der Waals surface area contributed by atoms with Crippen LogP contribution in [-0.2, 0) is 26.2 Å². The Labute approximate surface area is 231 Å². The predicted molar refractivity (Wildman–Crippen MR) is 151 cm³/mol. The Bertz CT molecular complexity index is 1230. The molecule has 0 unspecified atom stereocenters. The lowest BCUT2D eigenvalue weighted by atomic mass is 10.1. The summed E-state index contributed by atoms with van der Waals surface area (Å²) in [6.45, 7) is 3.85. The second-order valence-corrected chi connectivity index (χ2v) is 12.2. The van der Waals surface area contributed by atoms with Crippen LogP contribution in [-0.4, -0.2) is 57.1 Å². The fourth-order valence-electron chi connectivity index (χ4n) is 4.79. The molecule has 0 heterocycles. The van der Waals surface area contributed by atoms with Gasteiger partial charge in [0.25, 0.3) is 0 Å².